The van der Waals surface area contributed by atoms with Gasteiger partial charge in [0.2, 0.25) is 11.5 Å². The molecule has 3 aliphatic rings. The van der Waals surface area contributed by atoms with Gasteiger partial charge in [0.15, 0.2) is 15.2 Å². The normalized spacial score (nSPS) is 21.2. The van der Waals surface area contributed by atoms with Gasteiger partial charge in [0.05, 0.1) is 5.75 Å². The molecule has 0 aromatic carbocycles. The number of nitrogen functional groups attached to an aromatic ring is 1. The van der Waals surface area contributed by atoms with E-state index in [4.69, 9.17) is 20.0 Å². The van der Waals surface area contributed by atoms with E-state index in [1.807, 2.05) is 0 Å². The molecule has 1 saturated heterocycles. The SMILES string of the molecule is C=CCOC(=O)C1=C(CSc2nncs2)OC[C@@H]2[C@H](NC(=O)/C(=N\OC3CCCCC3)c3nsc(N)n3)C(=O)N12. The van der Waals surface area contributed by atoms with Crippen LogP contribution in [-0.2, 0) is 28.7 Å². The van der Waals surface area contributed by atoms with Gasteiger partial charge >= 0.3 is 5.97 Å². The molecule has 212 valence electrons. The number of thioether (sulfide) groups is 1. The lowest BCUT2D eigenvalue weighted by atomic mass is 9.92. The highest BCUT2D eigenvalue weighted by Gasteiger charge is 2.55. The van der Waals surface area contributed by atoms with E-state index >= 15 is 0 Å². The van der Waals surface area contributed by atoms with Crippen molar-refractivity contribution in [3.63, 3.8) is 0 Å². The van der Waals surface area contributed by atoms with Gasteiger partial charge in [0.1, 0.15) is 42.7 Å². The summed E-state index contributed by atoms with van der Waals surface area (Å²) in [7, 11) is 0. The number of rotatable bonds is 11. The summed E-state index contributed by atoms with van der Waals surface area (Å²) in [6.07, 6.45) is 6.13. The first-order chi connectivity index (χ1) is 19.5. The number of carbonyl (C=O) groups is 3. The third-order valence-electron chi connectivity index (χ3n) is 6.35. The van der Waals surface area contributed by atoms with E-state index in [0.29, 0.717) is 4.34 Å². The molecule has 0 bridgehead atoms. The van der Waals surface area contributed by atoms with Crippen LogP contribution in [0.15, 0.2) is 39.1 Å². The minimum absolute atomic E-state index is 0.00362. The summed E-state index contributed by atoms with van der Waals surface area (Å²) in [6, 6.07) is -1.63. The Hall–Kier alpha value is -3.57. The Labute approximate surface area is 241 Å². The molecule has 2 atom stereocenters. The molecule has 1 aliphatic carbocycles. The highest BCUT2D eigenvalue weighted by atomic mass is 32.2. The zero-order valence-corrected chi connectivity index (χ0v) is 23.6. The van der Waals surface area contributed by atoms with Crippen molar-refractivity contribution < 1.29 is 28.7 Å². The maximum absolute atomic E-state index is 13.3. The number of carbonyl (C=O) groups excluding carboxylic acids is 3. The second-order valence-corrected chi connectivity index (χ2v) is 11.8. The summed E-state index contributed by atoms with van der Waals surface area (Å²) in [5, 5.41) is 14.7. The van der Waals surface area contributed by atoms with E-state index in [1.54, 1.807) is 5.51 Å². The summed E-state index contributed by atoms with van der Waals surface area (Å²) < 4.78 is 15.9. The van der Waals surface area contributed by atoms with E-state index in [-0.39, 0.29) is 53.2 Å². The Morgan fingerprint density at radius 1 is 1.35 bits per heavy atom. The molecule has 4 heterocycles. The number of hydrogen-bond acceptors (Lipinski definition) is 15. The third-order valence-corrected chi connectivity index (χ3v) is 8.75. The number of nitrogens with one attached hydrogen (secondary N) is 1. The number of oxime groups is 1. The minimum Gasteiger partial charge on any atom is -0.492 e. The molecule has 2 amide bonds. The van der Waals surface area contributed by atoms with E-state index in [2.05, 4.69) is 36.6 Å². The van der Waals surface area contributed by atoms with E-state index in [9.17, 15) is 14.4 Å². The lowest BCUT2D eigenvalue weighted by Gasteiger charge is -2.49. The molecule has 2 aromatic heterocycles. The molecule has 2 fully saturated rings. The van der Waals surface area contributed by atoms with Gasteiger partial charge < -0.3 is 25.4 Å². The van der Waals surface area contributed by atoms with Crippen molar-refractivity contribution in [3.05, 3.63) is 35.4 Å². The number of nitrogens with zero attached hydrogens (tertiary/aromatic N) is 6. The van der Waals surface area contributed by atoms with Crippen molar-refractivity contribution >= 4 is 63.3 Å². The number of amides is 2. The van der Waals surface area contributed by atoms with Gasteiger partial charge in [0.25, 0.3) is 11.8 Å². The molecular formula is C23H26N8O6S3. The van der Waals surface area contributed by atoms with Crippen LogP contribution in [0.2, 0.25) is 0 Å². The molecule has 40 heavy (non-hydrogen) atoms. The molecule has 0 radical (unpaired) electrons. The largest absolute Gasteiger partial charge is 0.492 e. The Morgan fingerprint density at radius 2 is 2.17 bits per heavy atom. The number of fused-ring (bicyclic) bond motifs is 1. The van der Waals surface area contributed by atoms with Gasteiger partial charge in [-0.05, 0) is 25.7 Å². The summed E-state index contributed by atoms with van der Waals surface area (Å²) >= 11 is 3.57. The molecule has 0 unspecified atom stereocenters. The average molecular weight is 607 g/mol. The lowest BCUT2D eigenvalue weighted by Crippen LogP contribution is -2.73. The molecular weight excluding hydrogens is 581 g/mol. The molecule has 1 saturated carbocycles. The van der Waals surface area contributed by atoms with Crippen molar-refractivity contribution in [2.24, 2.45) is 5.16 Å². The molecule has 5 rings (SSSR count). The topological polar surface area (TPSA) is 184 Å². The number of aromatic nitrogens is 4. The molecule has 2 aromatic rings. The number of β-lactam (4-membered cyclic amide) rings is 1. The Kier molecular flexibility index (Phi) is 8.91. The van der Waals surface area contributed by atoms with Gasteiger partial charge in [-0.15, -0.1) is 10.2 Å². The van der Waals surface area contributed by atoms with Crippen molar-refractivity contribution in [2.75, 3.05) is 24.7 Å². The molecule has 0 spiro atoms. The number of hydrogen-bond donors (Lipinski definition) is 2. The summed E-state index contributed by atoms with van der Waals surface area (Å²) in [6.45, 7) is 3.56. The fourth-order valence-corrected chi connectivity index (χ4v) is 6.31. The average Bonchev–Trinajstić information content (AvgIpc) is 3.65. The highest BCUT2D eigenvalue weighted by Crippen LogP contribution is 2.35. The van der Waals surface area contributed by atoms with Crippen LogP contribution in [0.1, 0.15) is 37.9 Å². The van der Waals surface area contributed by atoms with Crippen molar-refractivity contribution in [3.8, 4) is 0 Å². The minimum atomic E-state index is -0.983. The maximum Gasteiger partial charge on any atom is 0.358 e. The number of nitrogens with two attached hydrogens (primary N) is 1. The van der Waals surface area contributed by atoms with Gasteiger partial charge in [0, 0.05) is 11.5 Å². The predicted molar refractivity (Wildman–Crippen MR) is 146 cm³/mol. The standard InChI is InChI=1S/C23H26N8O6S3/c1-2-8-35-21(34)17-14(10-38-23-28-25-11-39-23)36-9-13-15(20(33)31(13)17)26-19(32)16(18-27-22(24)40-30-18)29-37-12-6-4-3-5-7-12/h2,11-13,15H,1,3-10H2,(H,26,32)(H2,24,27,30)/b29-16-/t13-,15+/m1/s1. The second-order valence-electron chi connectivity index (χ2n) is 8.95. The van der Waals surface area contributed by atoms with Crippen molar-refractivity contribution in [2.45, 2.75) is 54.6 Å². The second kappa shape index (κ2) is 12.7. The monoisotopic (exact) mass is 606 g/mol. The maximum atomic E-state index is 13.3. The van der Waals surface area contributed by atoms with E-state index in [0.717, 1.165) is 43.6 Å². The number of anilines is 1. The van der Waals surface area contributed by atoms with Gasteiger partial charge in [-0.2, -0.15) is 9.36 Å². The molecule has 17 heteroatoms. The molecule has 2 aliphatic heterocycles. The highest BCUT2D eigenvalue weighted by molar-refractivity contribution is 8.01. The van der Waals surface area contributed by atoms with E-state index in [1.165, 1.54) is 34.1 Å². The molecule has 3 N–H and O–H groups in total. The fourth-order valence-electron chi connectivity index (χ4n) is 4.44. The van der Waals surface area contributed by atoms with Gasteiger partial charge in [-0.3, -0.25) is 14.5 Å². The first kappa shape index (κ1) is 28.0. The van der Waals surface area contributed by atoms with Gasteiger partial charge in [-0.1, -0.05) is 47.3 Å². The quantitative estimate of drug-likeness (QED) is 0.0939. The Balaban J connectivity index is 1.32. The van der Waals surface area contributed by atoms with Crippen molar-refractivity contribution in [1.82, 2.24) is 29.8 Å². The van der Waals surface area contributed by atoms with Gasteiger partial charge in [-0.25, -0.2) is 4.79 Å². The number of esters is 1. The summed E-state index contributed by atoms with van der Waals surface area (Å²) in [4.78, 5) is 50.6. The lowest BCUT2D eigenvalue weighted by molar-refractivity contribution is -0.161. The van der Waals surface area contributed by atoms with Crippen molar-refractivity contribution in [1.29, 1.82) is 0 Å². The van der Waals surface area contributed by atoms with Crippen LogP contribution in [0.25, 0.3) is 0 Å². The van der Waals surface area contributed by atoms with E-state index < -0.39 is 29.9 Å². The van der Waals surface area contributed by atoms with Crippen LogP contribution in [0.3, 0.4) is 0 Å². The molecule has 14 nitrogen and oxygen atoms in total. The smallest absolute Gasteiger partial charge is 0.358 e. The summed E-state index contributed by atoms with van der Waals surface area (Å²) in [5.41, 5.74) is 7.11. The first-order valence-corrected chi connectivity index (χ1v) is 15.1. The first-order valence-electron chi connectivity index (χ1n) is 12.5. The van der Waals surface area contributed by atoms with Crippen LogP contribution >= 0.6 is 34.6 Å². The zero-order valence-electron chi connectivity index (χ0n) is 21.2. The third kappa shape index (κ3) is 6.10. The Morgan fingerprint density at radius 3 is 2.88 bits per heavy atom. The van der Waals surface area contributed by atoms with Crippen LogP contribution in [0, 0.1) is 0 Å². The van der Waals surface area contributed by atoms with Crippen LogP contribution < -0.4 is 11.1 Å². The summed E-state index contributed by atoms with van der Waals surface area (Å²) in [5.74, 6) is -1.43. The predicted octanol–water partition coefficient (Wildman–Crippen LogP) is 1.48. The van der Waals surface area contributed by atoms with Crippen LogP contribution in [0.5, 0.6) is 0 Å². The number of ether oxygens (including phenoxy) is 2. The zero-order chi connectivity index (χ0) is 28.1. The van der Waals surface area contributed by atoms with Crippen LogP contribution in [0.4, 0.5) is 5.13 Å². The fraction of sp³-hybridized carbons (Fsp3) is 0.478. The Bertz CT molecular complexity index is 1320. The van der Waals surface area contributed by atoms with Crippen LogP contribution in [-0.4, -0.2) is 85.1 Å².